The van der Waals surface area contributed by atoms with Gasteiger partial charge in [0.1, 0.15) is 19.3 Å². The standard InChI is InChI=1S/C84H164O17P2/c1-8-9-10-11-12-13-14-15-16-17-18-19-20-21-22-23-24-32-37-46-53-60-67-83(88)100-79(71-94-81(86)65-58-51-44-36-31-27-25-29-34-41-48-55-62-75(2)3)73-98-102(90,91)96-69-78(85)70-97-103(92,93)99-74-80(72-95-82(87)66-59-52-45-40-39-43-50-57-64-77(6)7)101-84(89)68-61-54-47-38-33-28-26-30-35-42-49-56-63-76(4)5/h75-80,85H,8-74H2,1-7H3,(H,90,91)(H,92,93)/t78-,79-,80-/m1/s1. The smallest absolute Gasteiger partial charge is 0.462 e. The normalized spacial score (nSPS) is 13.9. The summed E-state index contributed by atoms with van der Waals surface area (Å²) in [5.41, 5.74) is 0. The number of aliphatic hydroxyl groups is 1. The minimum Gasteiger partial charge on any atom is -0.462 e. The third-order valence-electron chi connectivity index (χ3n) is 19.6. The molecule has 0 aliphatic heterocycles. The monoisotopic (exact) mass is 1510 g/mol. The Hall–Kier alpha value is -1.94. The highest BCUT2D eigenvalue weighted by Gasteiger charge is 2.30. The van der Waals surface area contributed by atoms with Gasteiger partial charge in [-0.05, 0) is 43.4 Å². The minimum absolute atomic E-state index is 0.106. The van der Waals surface area contributed by atoms with Crippen molar-refractivity contribution in [3.05, 3.63) is 0 Å². The molecule has 0 heterocycles. The fourth-order valence-corrected chi connectivity index (χ4v) is 14.6. The van der Waals surface area contributed by atoms with E-state index in [0.717, 1.165) is 108 Å². The van der Waals surface area contributed by atoms with Crippen LogP contribution < -0.4 is 0 Å². The average molecular weight is 1510 g/mol. The van der Waals surface area contributed by atoms with Crippen LogP contribution in [0.25, 0.3) is 0 Å². The number of phosphoric ester groups is 2. The Labute approximate surface area is 632 Å². The quantitative estimate of drug-likeness (QED) is 0.0222. The lowest BCUT2D eigenvalue weighted by Gasteiger charge is -2.21. The second kappa shape index (κ2) is 74.2. The summed E-state index contributed by atoms with van der Waals surface area (Å²) < 4.78 is 68.8. The number of hydrogen-bond donors (Lipinski definition) is 3. The first-order valence-corrected chi connectivity index (χ1v) is 46.3. The van der Waals surface area contributed by atoms with Gasteiger partial charge in [0.2, 0.25) is 0 Å². The van der Waals surface area contributed by atoms with Crippen molar-refractivity contribution in [2.24, 2.45) is 17.8 Å². The van der Waals surface area contributed by atoms with Crippen LogP contribution in [0.1, 0.15) is 440 Å². The van der Waals surface area contributed by atoms with Crippen LogP contribution in [0, 0.1) is 17.8 Å². The maximum absolute atomic E-state index is 13.1. The number of unbranched alkanes of at least 4 members (excludes halogenated alkanes) is 50. The van der Waals surface area contributed by atoms with Crippen LogP contribution >= 0.6 is 15.6 Å². The van der Waals surface area contributed by atoms with Gasteiger partial charge >= 0.3 is 39.5 Å². The third-order valence-corrected chi connectivity index (χ3v) is 21.5. The van der Waals surface area contributed by atoms with E-state index < -0.39 is 97.5 Å². The molecular weight excluding hydrogens is 1340 g/mol. The number of hydrogen-bond acceptors (Lipinski definition) is 15. The number of aliphatic hydroxyl groups excluding tert-OH is 1. The lowest BCUT2D eigenvalue weighted by Crippen LogP contribution is -2.30. The predicted molar refractivity (Wildman–Crippen MR) is 423 cm³/mol. The molecule has 0 fully saturated rings. The van der Waals surface area contributed by atoms with Gasteiger partial charge in [-0.1, -0.05) is 389 Å². The second-order valence-corrected chi connectivity index (χ2v) is 34.6. The molecule has 0 saturated carbocycles. The van der Waals surface area contributed by atoms with Crippen LogP contribution in [-0.4, -0.2) is 96.7 Å². The van der Waals surface area contributed by atoms with E-state index in [4.69, 9.17) is 37.0 Å². The summed E-state index contributed by atoms with van der Waals surface area (Å²) in [7, 11) is -9.93. The van der Waals surface area contributed by atoms with Crippen molar-refractivity contribution < 1.29 is 80.2 Å². The van der Waals surface area contributed by atoms with E-state index in [0.29, 0.717) is 25.7 Å². The molecular formula is C84H164O17P2. The SMILES string of the molecule is CCCCCCCCCCCCCCCCCCCCCCCCC(=O)O[C@H](COC(=O)CCCCCCCCCCCCCCC(C)C)COP(=O)(O)OC[C@@H](O)COP(=O)(O)OC[C@@H](COC(=O)CCCCCCCCCCC(C)C)OC(=O)CCCCCCCCCCCCCCC(C)C. The molecule has 0 amide bonds. The fourth-order valence-electron chi connectivity index (χ4n) is 13.0. The average Bonchev–Trinajstić information content (AvgIpc) is 0.911. The van der Waals surface area contributed by atoms with Crippen LogP contribution in [-0.2, 0) is 65.4 Å². The zero-order valence-electron chi connectivity index (χ0n) is 67.8. The van der Waals surface area contributed by atoms with Crippen LogP contribution in [0.5, 0.6) is 0 Å². The number of esters is 4. The zero-order chi connectivity index (χ0) is 75.8. The topological polar surface area (TPSA) is 237 Å². The third kappa shape index (κ3) is 78.0. The van der Waals surface area contributed by atoms with Crippen molar-refractivity contribution in [1.29, 1.82) is 0 Å². The van der Waals surface area contributed by atoms with Gasteiger partial charge in [-0.15, -0.1) is 0 Å². The van der Waals surface area contributed by atoms with Crippen molar-refractivity contribution in [2.75, 3.05) is 39.6 Å². The molecule has 0 rings (SSSR count). The first-order valence-electron chi connectivity index (χ1n) is 43.3. The van der Waals surface area contributed by atoms with Gasteiger partial charge in [0, 0.05) is 25.7 Å². The molecule has 612 valence electrons. The van der Waals surface area contributed by atoms with Crippen LogP contribution in [0.3, 0.4) is 0 Å². The van der Waals surface area contributed by atoms with Gasteiger partial charge in [0.25, 0.3) is 0 Å². The molecule has 0 aromatic carbocycles. The molecule has 5 atom stereocenters. The fraction of sp³-hybridized carbons (Fsp3) is 0.952. The van der Waals surface area contributed by atoms with Crippen molar-refractivity contribution in [1.82, 2.24) is 0 Å². The highest BCUT2D eigenvalue weighted by molar-refractivity contribution is 7.47. The molecule has 0 aliphatic rings. The summed E-state index contributed by atoms with van der Waals surface area (Å²) in [5, 5.41) is 10.7. The number of carbonyl (C=O) groups excluding carboxylic acids is 4. The maximum atomic E-state index is 13.1. The maximum Gasteiger partial charge on any atom is 0.472 e. The zero-order valence-corrected chi connectivity index (χ0v) is 69.6. The Balaban J connectivity index is 5.23. The number of rotatable bonds is 82. The Morgan fingerprint density at radius 2 is 0.447 bits per heavy atom. The summed E-state index contributed by atoms with van der Waals surface area (Å²) in [5.74, 6) is 0.176. The van der Waals surface area contributed by atoms with E-state index in [1.165, 1.54) is 250 Å². The Morgan fingerprint density at radius 3 is 0.660 bits per heavy atom. The minimum atomic E-state index is -4.96. The summed E-state index contributed by atoms with van der Waals surface area (Å²) in [6, 6.07) is 0. The van der Waals surface area contributed by atoms with Crippen molar-refractivity contribution in [2.45, 2.75) is 458 Å². The van der Waals surface area contributed by atoms with E-state index in [2.05, 4.69) is 48.5 Å². The Bertz CT molecular complexity index is 1990. The number of ether oxygens (including phenoxy) is 4. The highest BCUT2D eigenvalue weighted by atomic mass is 31.2. The van der Waals surface area contributed by atoms with E-state index in [9.17, 15) is 43.2 Å². The molecule has 0 aromatic heterocycles. The molecule has 17 nitrogen and oxygen atoms in total. The van der Waals surface area contributed by atoms with Gasteiger partial charge in [-0.2, -0.15) is 0 Å². The first kappa shape index (κ1) is 101. The van der Waals surface area contributed by atoms with Gasteiger partial charge in [0.15, 0.2) is 12.2 Å². The van der Waals surface area contributed by atoms with Gasteiger partial charge in [-0.3, -0.25) is 37.3 Å². The highest BCUT2D eigenvalue weighted by Crippen LogP contribution is 2.45. The van der Waals surface area contributed by atoms with Crippen LogP contribution in [0.15, 0.2) is 0 Å². The molecule has 0 saturated heterocycles. The lowest BCUT2D eigenvalue weighted by molar-refractivity contribution is -0.161. The molecule has 0 bridgehead atoms. The predicted octanol–water partition coefficient (Wildman–Crippen LogP) is 25.3. The van der Waals surface area contributed by atoms with E-state index in [-0.39, 0.29) is 25.7 Å². The summed E-state index contributed by atoms with van der Waals surface area (Å²) in [6.45, 7) is 11.9. The molecule has 2 unspecified atom stereocenters. The first-order chi connectivity index (χ1) is 49.7. The van der Waals surface area contributed by atoms with E-state index in [1.54, 1.807) is 0 Å². The van der Waals surface area contributed by atoms with Gasteiger partial charge in [-0.25, -0.2) is 9.13 Å². The molecule has 0 aromatic rings. The van der Waals surface area contributed by atoms with Gasteiger partial charge < -0.3 is 33.8 Å². The van der Waals surface area contributed by atoms with Crippen molar-refractivity contribution in [3.8, 4) is 0 Å². The number of carbonyl (C=O) groups is 4. The Morgan fingerprint density at radius 1 is 0.262 bits per heavy atom. The molecule has 0 aliphatic carbocycles. The molecule has 103 heavy (non-hydrogen) atoms. The summed E-state index contributed by atoms with van der Waals surface area (Å²) in [4.78, 5) is 73.1. The molecule has 19 heteroatoms. The Kier molecular flexibility index (Phi) is 72.8. The van der Waals surface area contributed by atoms with Crippen molar-refractivity contribution >= 4 is 39.5 Å². The van der Waals surface area contributed by atoms with Crippen LogP contribution in [0.4, 0.5) is 0 Å². The largest absolute Gasteiger partial charge is 0.472 e. The lowest BCUT2D eigenvalue weighted by atomic mass is 10.0. The second-order valence-electron chi connectivity index (χ2n) is 31.6. The summed E-state index contributed by atoms with van der Waals surface area (Å²) >= 11 is 0. The van der Waals surface area contributed by atoms with E-state index in [1.807, 2.05) is 0 Å². The van der Waals surface area contributed by atoms with Crippen molar-refractivity contribution in [3.63, 3.8) is 0 Å². The molecule has 0 spiro atoms. The van der Waals surface area contributed by atoms with Gasteiger partial charge in [0.05, 0.1) is 26.4 Å². The summed E-state index contributed by atoms with van der Waals surface area (Å²) in [6.07, 6.45) is 64.0. The number of phosphoric acid groups is 2. The van der Waals surface area contributed by atoms with E-state index >= 15 is 0 Å². The molecule has 3 N–H and O–H groups in total. The van der Waals surface area contributed by atoms with Crippen LogP contribution in [0.2, 0.25) is 0 Å². The molecule has 0 radical (unpaired) electrons.